The molecular weight excluding hydrogens is 214 g/mol. The first-order chi connectivity index (χ1) is 8.36. The molecule has 92 valence electrons. The van der Waals surface area contributed by atoms with Crippen molar-refractivity contribution in [1.82, 2.24) is 10.2 Å². The number of hydrogen-bond acceptors (Lipinski definition) is 4. The molecule has 1 aromatic heterocycles. The van der Waals surface area contributed by atoms with Gasteiger partial charge in [-0.15, -0.1) is 5.10 Å². The molecule has 1 saturated heterocycles. The second-order valence-electron chi connectivity index (χ2n) is 5.23. The highest BCUT2D eigenvalue weighted by Crippen LogP contribution is 2.38. The van der Waals surface area contributed by atoms with Crippen molar-refractivity contribution in [2.24, 2.45) is 5.92 Å². The Hall–Kier alpha value is -1.16. The van der Waals surface area contributed by atoms with Crippen molar-refractivity contribution in [2.75, 3.05) is 24.6 Å². The largest absolute Gasteiger partial charge is 0.396 e. The van der Waals surface area contributed by atoms with Crippen molar-refractivity contribution in [3.05, 3.63) is 17.8 Å². The Bertz CT molecular complexity index is 375. The fourth-order valence-electron chi connectivity index (χ4n) is 2.52. The summed E-state index contributed by atoms with van der Waals surface area (Å²) in [7, 11) is 0. The van der Waals surface area contributed by atoms with Gasteiger partial charge in [0.1, 0.15) is 0 Å². The van der Waals surface area contributed by atoms with E-state index < -0.39 is 0 Å². The molecule has 17 heavy (non-hydrogen) atoms. The van der Waals surface area contributed by atoms with E-state index in [1.165, 1.54) is 12.8 Å². The monoisotopic (exact) mass is 233 g/mol. The van der Waals surface area contributed by atoms with Gasteiger partial charge < -0.3 is 10.0 Å². The number of aromatic nitrogens is 2. The first-order valence-electron chi connectivity index (χ1n) is 6.56. The summed E-state index contributed by atoms with van der Waals surface area (Å²) in [6.07, 6.45) is 4.80. The van der Waals surface area contributed by atoms with E-state index in [1.54, 1.807) is 0 Å². The molecule has 2 aliphatic rings. The number of hydrogen-bond donors (Lipinski definition) is 1. The summed E-state index contributed by atoms with van der Waals surface area (Å²) in [5.74, 6) is 2.03. The molecule has 0 spiro atoms. The first kappa shape index (κ1) is 11.0. The summed E-state index contributed by atoms with van der Waals surface area (Å²) < 4.78 is 0. The topological polar surface area (TPSA) is 49.2 Å². The average Bonchev–Trinajstić information content (AvgIpc) is 3.23. The van der Waals surface area contributed by atoms with Crippen LogP contribution in [0.4, 0.5) is 5.82 Å². The van der Waals surface area contributed by atoms with Crippen LogP contribution in [0.2, 0.25) is 0 Å². The smallest absolute Gasteiger partial charge is 0.151 e. The predicted molar refractivity (Wildman–Crippen MR) is 66.0 cm³/mol. The van der Waals surface area contributed by atoms with Gasteiger partial charge in [-0.25, -0.2) is 0 Å². The third-order valence-electron chi connectivity index (χ3n) is 3.77. The molecule has 1 saturated carbocycles. The van der Waals surface area contributed by atoms with E-state index >= 15 is 0 Å². The maximum absolute atomic E-state index is 9.22. The third kappa shape index (κ3) is 2.41. The Balaban J connectivity index is 1.69. The highest BCUT2D eigenvalue weighted by molar-refractivity contribution is 5.38. The zero-order valence-corrected chi connectivity index (χ0v) is 10.0. The van der Waals surface area contributed by atoms with Crippen LogP contribution in [0, 0.1) is 5.92 Å². The van der Waals surface area contributed by atoms with Crippen LogP contribution in [0.25, 0.3) is 0 Å². The van der Waals surface area contributed by atoms with Gasteiger partial charge in [0.2, 0.25) is 0 Å². The van der Waals surface area contributed by atoms with Gasteiger partial charge in [-0.1, -0.05) is 0 Å². The van der Waals surface area contributed by atoms with Crippen LogP contribution in [-0.4, -0.2) is 35.0 Å². The van der Waals surface area contributed by atoms with Crippen LogP contribution in [0.15, 0.2) is 12.1 Å². The molecule has 1 N–H and O–H groups in total. The van der Waals surface area contributed by atoms with Gasteiger partial charge in [-0.2, -0.15) is 5.10 Å². The molecule has 4 nitrogen and oxygen atoms in total. The van der Waals surface area contributed by atoms with Gasteiger partial charge in [0, 0.05) is 25.6 Å². The van der Waals surface area contributed by atoms with Crippen LogP contribution in [0.5, 0.6) is 0 Å². The van der Waals surface area contributed by atoms with Crippen molar-refractivity contribution >= 4 is 5.82 Å². The maximum Gasteiger partial charge on any atom is 0.151 e. The van der Waals surface area contributed by atoms with Crippen LogP contribution in [0.3, 0.4) is 0 Å². The fraction of sp³-hybridized carbons (Fsp3) is 0.692. The van der Waals surface area contributed by atoms with E-state index in [-0.39, 0.29) is 6.61 Å². The second-order valence-corrected chi connectivity index (χ2v) is 5.23. The van der Waals surface area contributed by atoms with Crippen molar-refractivity contribution in [3.63, 3.8) is 0 Å². The van der Waals surface area contributed by atoms with Gasteiger partial charge >= 0.3 is 0 Å². The highest BCUT2D eigenvalue weighted by atomic mass is 16.3. The molecule has 2 heterocycles. The summed E-state index contributed by atoms with van der Waals surface area (Å²) in [6.45, 7) is 2.23. The van der Waals surface area contributed by atoms with E-state index in [1.807, 2.05) is 0 Å². The molecule has 0 amide bonds. The number of nitrogens with zero attached hydrogens (tertiary/aromatic N) is 3. The van der Waals surface area contributed by atoms with Crippen molar-refractivity contribution in [1.29, 1.82) is 0 Å². The predicted octanol–water partition coefficient (Wildman–Crippen LogP) is 1.56. The number of rotatable bonds is 3. The van der Waals surface area contributed by atoms with Gasteiger partial charge in [0.25, 0.3) is 0 Å². The standard InChI is InChI=1S/C13H19N3O/c17-9-10-2-1-7-16(8-10)13-6-5-12(14-15-13)11-3-4-11/h5-6,10-11,17H,1-4,7-9H2. The van der Waals surface area contributed by atoms with E-state index in [0.717, 1.165) is 37.4 Å². The summed E-state index contributed by atoms with van der Waals surface area (Å²) in [6, 6.07) is 4.20. The third-order valence-corrected chi connectivity index (χ3v) is 3.77. The molecule has 0 radical (unpaired) electrons. The molecular formula is C13H19N3O. The summed E-state index contributed by atoms with van der Waals surface area (Å²) in [4.78, 5) is 2.24. The zero-order chi connectivity index (χ0) is 11.7. The molecule has 1 aromatic rings. The normalized spacial score (nSPS) is 25.0. The van der Waals surface area contributed by atoms with Gasteiger partial charge in [-0.3, -0.25) is 0 Å². The minimum Gasteiger partial charge on any atom is -0.396 e. The Morgan fingerprint density at radius 1 is 1.24 bits per heavy atom. The average molecular weight is 233 g/mol. The van der Waals surface area contributed by atoms with Crippen molar-refractivity contribution < 1.29 is 5.11 Å². The summed E-state index contributed by atoms with van der Waals surface area (Å²) in [5, 5.41) is 17.9. The molecule has 1 aliphatic carbocycles. The van der Waals surface area contributed by atoms with E-state index in [9.17, 15) is 5.11 Å². The maximum atomic E-state index is 9.22. The molecule has 2 fully saturated rings. The van der Waals surface area contributed by atoms with Crippen LogP contribution in [0.1, 0.15) is 37.3 Å². The number of aliphatic hydroxyl groups is 1. The molecule has 1 unspecified atom stereocenters. The number of aliphatic hydroxyl groups excluding tert-OH is 1. The van der Waals surface area contributed by atoms with E-state index in [2.05, 4.69) is 27.2 Å². The highest BCUT2D eigenvalue weighted by Gasteiger charge is 2.26. The van der Waals surface area contributed by atoms with Crippen LogP contribution < -0.4 is 4.90 Å². The molecule has 3 rings (SSSR count). The Kier molecular flexibility index (Phi) is 2.97. The summed E-state index contributed by atoms with van der Waals surface area (Å²) in [5.41, 5.74) is 1.14. The molecule has 1 aliphatic heterocycles. The zero-order valence-electron chi connectivity index (χ0n) is 10.0. The van der Waals surface area contributed by atoms with Crippen LogP contribution >= 0.6 is 0 Å². The van der Waals surface area contributed by atoms with Crippen molar-refractivity contribution in [3.8, 4) is 0 Å². The van der Waals surface area contributed by atoms with E-state index in [0.29, 0.717) is 11.8 Å². The number of piperidine rings is 1. The quantitative estimate of drug-likeness (QED) is 0.860. The lowest BCUT2D eigenvalue weighted by molar-refractivity contribution is 0.208. The van der Waals surface area contributed by atoms with Gasteiger partial charge in [0.05, 0.1) is 5.69 Å². The lowest BCUT2D eigenvalue weighted by Crippen LogP contribution is -2.37. The number of anilines is 1. The lowest BCUT2D eigenvalue weighted by Gasteiger charge is -2.32. The summed E-state index contributed by atoms with van der Waals surface area (Å²) >= 11 is 0. The van der Waals surface area contributed by atoms with Gasteiger partial charge in [0.15, 0.2) is 5.82 Å². The van der Waals surface area contributed by atoms with Crippen LogP contribution in [-0.2, 0) is 0 Å². The minimum atomic E-state index is 0.282. The Morgan fingerprint density at radius 2 is 2.12 bits per heavy atom. The Morgan fingerprint density at radius 3 is 2.76 bits per heavy atom. The van der Waals surface area contributed by atoms with E-state index in [4.69, 9.17) is 0 Å². The molecule has 0 aromatic carbocycles. The fourth-order valence-corrected chi connectivity index (χ4v) is 2.52. The Labute approximate surface area is 102 Å². The van der Waals surface area contributed by atoms with Gasteiger partial charge in [-0.05, 0) is 43.7 Å². The van der Waals surface area contributed by atoms with Crippen molar-refractivity contribution in [2.45, 2.75) is 31.6 Å². The SMILES string of the molecule is OCC1CCCN(c2ccc(C3CC3)nn2)C1. The molecule has 0 bridgehead atoms. The molecule has 4 heteroatoms. The lowest BCUT2D eigenvalue weighted by atomic mass is 9.99. The minimum absolute atomic E-state index is 0.282. The first-order valence-corrected chi connectivity index (χ1v) is 6.56. The second kappa shape index (κ2) is 4.61. The molecule has 1 atom stereocenters.